The minimum Gasteiger partial charge on any atom is -0.458 e. The zero-order valence-electron chi connectivity index (χ0n) is 15.0. The Balaban J connectivity index is 1.31. The molecule has 0 unspecified atom stereocenters. The Labute approximate surface area is 175 Å². The van der Waals surface area contributed by atoms with Crippen LogP contribution in [0.3, 0.4) is 0 Å². The summed E-state index contributed by atoms with van der Waals surface area (Å²) < 4.78 is 7.67. The van der Waals surface area contributed by atoms with Gasteiger partial charge in [-0.15, -0.1) is 34.0 Å². The molecular formula is C18H13N5O3S3. The van der Waals surface area contributed by atoms with Crippen molar-refractivity contribution < 1.29 is 14.0 Å². The molecule has 5 aromatic heterocycles. The molecule has 0 aliphatic carbocycles. The Hall–Kier alpha value is -3.02. The van der Waals surface area contributed by atoms with Crippen LogP contribution in [0.2, 0.25) is 0 Å². The highest BCUT2D eigenvalue weighted by molar-refractivity contribution is 7.21. The van der Waals surface area contributed by atoms with Crippen molar-refractivity contribution in [1.82, 2.24) is 19.7 Å². The van der Waals surface area contributed by atoms with Gasteiger partial charge in [0, 0.05) is 23.9 Å². The van der Waals surface area contributed by atoms with E-state index in [9.17, 15) is 9.59 Å². The van der Waals surface area contributed by atoms with Crippen LogP contribution in [0.15, 0.2) is 39.6 Å². The van der Waals surface area contributed by atoms with E-state index < -0.39 is 0 Å². The number of anilines is 1. The summed E-state index contributed by atoms with van der Waals surface area (Å²) in [5, 5.41) is 9.78. The number of carbonyl (C=O) groups excluding carboxylic acids is 2. The normalized spacial score (nSPS) is 11.3. The zero-order chi connectivity index (χ0) is 20.0. The summed E-state index contributed by atoms with van der Waals surface area (Å²) in [5.41, 5.74) is 1.56. The average molecular weight is 444 g/mol. The van der Waals surface area contributed by atoms with Crippen LogP contribution in [-0.4, -0.2) is 26.2 Å². The third-order valence-electron chi connectivity index (χ3n) is 4.11. The predicted octanol–water partition coefficient (Wildman–Crippen LogP) is 4.22. The van der Waals surface area contributed by atoms with Gasteiger partial charge >= 0.3 is 0 Å². The number of thiophene rings is 1. The highest BCUT2D eigenvalue weighted by atomic mass is 32.1. The number of hydrogen-bond acceptors (Lipinski definition) is 8. The van der Waals surface area contributed by atoms with Gasteiger partial charge in [0.1, 0.15) is 16.3 Å². The monoisotopic (exact) mass is 443 g/mol. The van der Waals surface area contributed by atoms with Gasteiger partial charge in [0.2, 0.25) is 5.91 Å². The maximum absolute atomic E-state index is 12.6. The van der Waals surface area contributed by atoms with Crippen LogP contribution < -0.4 is 10.6 Å². The van der Waals surface area contributed by atoms with Crippen LogP contribution in [0.4, 0.5) is 5.13 Å². The van der Waals surface area contributed by atoms with Gasteiger partial charge in [-0.25, -0.2) is 9.97 Å². The topological polar surface area (TPSA) is 102 Å². The van der Waals surface area contributed by atoms with E-state index in [2.05, 4.69) is 20.6 Å². The molecule has 5 heterocycles. The van der Waals surface area contributed by atoms with Gasteiger partial charge in [-0.2, -0.15) is 0 Å². The lowest BCUT2D eigenvalue weighted by Crippen LogP contribution is -2.18. The molecule has 0 fully saturated rings. The second-order valence-corrected chi connectivity index (χ2v) is 8.90. The molecule has 0 saturated heterocycles. The number of nitrogens with zero attached hydrogens (tertiary/aromatic N) is 3. The molecular weight excluding hydrogens is 430 g/mol. The second-order valence-electron chi connectivity index (χ2n) is 6.14. The fraction of sp³-hybridized carbons (Fsp3) is 0.111. The molecule has 0 spiro atoms. The number of aromatic nitrogens is 3. The minimum atomic E-state index is -0.219. The summed E-state index contributed by atoms with van der Waals surface area (Å²) in [4.78, 5) is 34.9. The van der Waals surface area contributed by atoms with Crippen molar-refractivity contribution in [2.75, 3.05) is 5.32 Å². The van der Waals surface area contributed by atoms with E-state index in [1.165, 1.54) is 29.6 Å². The number of imidazole rings is 1. The van der Waals surface area contributed by atoms with E-state index in [0.29, 0.717) is 33.8 Å². The molecule has 8 nitrogen and oxygen atoms in total. The number of rotatable bonds is 5. The Morgan fingerprint density at radius 3 is 3.00 bits per heavy atom. The minimum absolute atomic E-state index is 0.123. The first kappa shape index (κ1) is 18.0. The first-order valence-corrected chi connectivity index (χ1v) is 11.1. The maximum atomic E-state index is 12.6. The SMILES string of the molecule is CC(=O)NCc1ccc(-c2csc(NC(=O)c3cc4c(nc5sccn54)s3)n2)o1. The second kappa shape index (κ2) is 7.10. The van der Waals surface area contributed by atoms with Crippen LogP contribution in [0.1, 0.15) is 22.4 Å². The van der Waals surface area contributed by atoms with Crippen LogP contribution in [0.5, 0.6) is 0 Å². The third kappa shape index (κ3) is 3.43. The average Bonchev–Trinajstić information content (AvgIpc) is 3.45. The molecule has 146 valence electrons. The summed E-state index contributed by atoms with van der Waals surface area (Å²) >= 11 is 4.24. The van der Waals surface area contributed by atoms with Gasteiger partial charge in [-0.05, 0) is 18.2 Å². The fourth-order valence-corrected chi connectivity index (χ4v) is 5.17. The van der Waals surface area contributed by atoms with Crippen LogP contribution in [0.25, 0.3) is 26.8 Å². The Kier molecular flexibility index (Phi) is 4.42. The first-order valence-electron chi connectivity index (χ1n) is 8.52. The summed E-state index contributed by atoms with van der Waals surface area (Å²) in [6, 6.07) is 5.42. The van der Waals surface area contributed by atoms with Gasteiger partial charge < -0.3 is 9.73 Å². The van der Waals surface area contributed by atoms with Crippen LogP contribution in [-0.2, 0) is 11.3 Å². The van der Waals surface area contributed by atoms with Gasteiger partial charge in [0.15, 0.2) is 15.9 Å². The van der Waals surface area contributed by atoms with E-state index in [-0.39, 0.29) is 11.8 Å². The third-order valence-corrected chi connectivity index (χ3v) is 6.65. The number of nitrogens with one attached hydrogen (secondary N) is 2. The van der Waals surface area contributed by atoms with E-state index in [0.717, 1.165) is 15.3 Å². The predicted molar refractivity (Wildman–Crippen MR) is 114 cm³/mol. The number of furan rings is 1. The quantitative estimate of drug-likeness (QED) is 0.424. The molecule has 0 radical (unpaired) electrons. The molecule has 0 aliphatic heterocycles. The van der Waals surface area contributed by atoms with Crippen LogP contribution >= 0.6 is 34.0 Å². The molecule has 2 N–H and O–H groups in total. The molecule has 5 aromatic rings. The lowest BCUT2D eigenvalue weighted by atomic mass is 10.3. The first-order chi connectivity index (χ1) is 14.1. The van der Waals surface area contributed by atoms with Crippen molar-refractivity contribution in [1.29, 1.82) is 0 Å². The lowest BCUT2D eigenvalue weighted by molar-refractivity contribution is -0.119. The standard InChI is InChI=1S/C18H13N5O3S3/c1-9(24)19-7-10-2-3-13(26-10)11-8-28-17(20-11)21-15(25)14-6-12-16(29-14)22-18-23(12)4-5-27-18/h2-6,8H,7H2,1H3,(H,19,24)(H,20,21,25). The van der Waals surface area contributed by atoms with Gasteiger partial charge in [-0.1, -0.05) is 0 Å². The van der Waals surface area contributed by atoms with Crippen molar-refractivity contribution in [3.05, 3.63) is 45.8 Å². The highest BCUT2D eigenvalue weighted by Crippen LogP contribution is 2.30. The van der Waals surface area contributed by atoms with Crippen LogP contribution in [0, 0.1) is 0 Å². The van der Waals surface area contributed by atoms with Crippen molar-refractivity contribution >= 4 is 66.3 Å². The Morgan fingerprint density at radius 2 is 2.14 bits per heavy atom. The van der Waals surface area contributed by atoms with Crippen molar-refractivity contribution in [2.45, 2.75) is 13.5 Å². The van der Waals surface area contributed by atoms with E-state index in [1.54, 1.807) is 23.5 Å². The molecule has 0 aromatic carbocycles. The summed E-state index contributed by atoms with van der Waals surface area (Å²) in [6.07, 6.45) is 1.94. The largest absolute Gasteiger partial charge is 0.458 e. The molecule has 5 rings (SSSR count). The molecule has 0 saturated carbocycles. The van der Waals surface area contributed by atoms with Gasteiger partial charge in [-0.3, -0.25) is 19.3 Å². The van der Waals surface area contributed by atoms with Crippen molar-refractivity contribution in [3.63, 3.8) is 0 Å². The number of amides is 2. The number of fused-ring (bicyclic) bond motifs is 3. The lowest BCUT2D eigenvalue weighted by Gasteiger charge is -1.98. The zero-order valence-corrected chi connectivity index (χ0v) is 17.4. The van der Waals surface area contributed by atoms with E-state index >= 15 is 0 Å². The molecule has 0 aliphatic rings. The molecule has 2 amide bonds. The number of hydrogen-bond donors (Lipinski definition) is 2. The number of carbonyl (C=O) groups is 2. The summed E-state index contributed by atoms with van der Waals surface area (Å²) in [6.45, 7) is 1.77. The van der Waals surface area contributed by atoms with Crippen molar-refractivity contribution in [2.24, 2.45) is 0 Å². The number of thiazole rings is 2. The molecule has 11 heteroatoms. The van der Waals surface area contributed by atoms with Gasteiger partial charge in [0.05, 0.1) is 16.9 Å². The highest BCUT2D eigenvalue weighted by Gasteiger charge is 2.17. The molecule has 0 atom stereocenters. The summed E-state index contributed by atoms with van der Waals surface area (Å²) in [7, 11) is 0. The Morgan fingerprint density at radius 1 is 1.24 bits per heavy atom. The van der Waals surface area contributed by atoms with Crippen molar-refractivity contribution in [3.8, 4) is 11.5 Å². The molecule has 29 heavy (non-hydrogen) atoms. The smallest absolute Gasteiger partial charge is 0.267 e. The van der Waals surface area contributed by atoms with E-state index in [1.807, 2.05) is 27.4 Å². The summed E-state index contributed by atoms with van der Waals surface area (Å²) in [5.74, 6) is 0.875. The van der Waals surface area contributed by atoms with Gasteiger partial charge in [0.25, 0.3) is 5.91 Å². The molecule has 0 bridgehead atoms. The van der Waals surface area contributed by atoms with E-state index in [4.69, 9.17) is 4.42 Å². The maximum Gasteiger partial charge on any atom is 0.267 e. The fourth-order valence-electron chi connectivity index (χ4n) is 2.78. The Bertz CT molecular complexity index is 1360.